The van der Waals surface area contributed by atoms with Crippen LogP contribution >= 0.6 is 15.9 Å². The Bertz CT molecular complexity index is 799. The highest BCUT2D eigenvalue weighted by atomic mass is 79.9. The van der Waals surface area contributed by atoms with Crippen molar-refractivity contribution in [3.8, 4) is 0 Å². The minimum absolute atomic E-state index is 0.102. The van der Waals surface area contributed by atoms with Crippen molar-refractivity contribution in [2.75, 3.05) is 25.0 Å². The molecule has 2 N–H and O–H groups in total. The van der Waals surface area contributed by atoms with Crippen LogP contribution in [0.25, 0.3) is 0 Å². The number of carbonyl (C=O) groups is 3. The average molecular weight is 422 g/mol. The number of aromatic nitrogens is 1. The highest BCUT2D eigenvalue weighted by Gasteiger charge is 2.15. The first-order valence-electron chi connectivity index (χ1n) is 8.14. The topological polar surface area (TPSA) is 91.5 Å². The summed E-state index contributed by atoms with van der Waals surface area (Å²) >= 11 is 3.21. The van der Waals surface area contributed by atoms with Crippen molar-refractivity contribution in [2.45, 2.75) is 13.8 Å². The minimum Gasteiger partial charge on any atom is -0.451 e. The van der Waals surface area contributed by atoms with Gasteiger partial charge in [0.05, 0.1) is 0 Å². The van der Waals surface area contributed by atoms with E-state index in [1.54, 1.807) is 41.4 Å². The van der Waals surface area contributed by atoms with Crippen LogP contribution in [0.1, 0.15) is 34.7 Å². The summed E-state index contributed by atoms with van der Waals surface area (Å²) in [4.78, 5) is 40.5. The highest BCUT2D eigenvalue weighted by Crippen LogP contribution is 2.14. The van der Waals surface area contributed by atoms with Crippen LogP contribution in [0.3, 0.4) is 0 Å². The third kappa shape index (κ3) is 5.19. The molecule has 0 spiro atoms. The van der Waals surface area contributed by atoms with Gasteiger partial charge in [0.25, 0.3) is 11.8 Å². The molecule has 8 heteroatoms. The molecule has 0 atom stereocenters. The Labute approximate surface area is 159 Å². The van der Waals surface area contributed by atoms with E-state index in [1.807, 2.05) is 13.8 Å². The fraction of sp³-hybridized carbons (Fsp3) is 0.278. The third-order valence-electron chi connectivity index (χ3n) is 3.65. The van der Waals surface area contributed by atoms with E-state index in [0.717, 1.165) is 0 Å². The zero-order chi connectivity index (χ0) is 19.1. The molecule has 0 bridgehead atoms. The van der Waals surface area contributed by atoms with E-state index in [4.69, 9.17) is 4.74 Å². The van der Waals surface area contributed by atoms with Crippen molar-refractivity contribution in [3.05, 3.63) is 52.3 Å². The lowest BCUT2D eigenvalue weighted by molar-refractivity contribution is -0.119. The second-order valence-electron chi connectivity index (χ2n) is 5.41. The van der Waals surface area contributed by atoms with Crippen LogP contribution in [-0.4, -0.2) is 47.4 Å². The van der Waals surface area contributed by atoms with Gasteiger partial charge in [0, 0.05) is 35.0 Å². The summed E-state index contributed by atoms with van der Waals surface area (Å²) in [7, 11) is 0. The Morgan fingerprint density at radius 2 is 1.92 bits per heavy atom. The van der Waals surface area contributed by atoms with Crippen LogP contribution < -0.4 is 5.32 Å². The fourth-order valence-electron chi connectivity index (χ4n) is 2.32. The standard InChI is InChI=1S/C18H20BrN3O4/c1-3-22(4-2)17(24)12-6-5-7-14(8-12)21-16(23)11-26-18(25)15-9-13(19)10-20-15/h5-10,20H,3-4,11H2,1-2H3,(H,21,23). The number of hydrogen-bond acceptors (Lipinski definition) is 4. The number of esters is 1. The number of rotatable bonds is 7. The number of halogens is 1. The molecule has 0 aliphatic carbocycles. The van der Waals surface area contributed by atoms with Gasteiger partial charge in [-0.25, -0.2) is 4.79 Å². The number of hydrogen-bond donors (Lipinski definition) is 2. The molecule has 0 saturated carbocycles. The Morgan fingerprint density at radius 1 is 1.19 bits per heavy atom. The predicted octanol–water partition coefficient (Wildman–Crippen LogP) is 3.05. The molecule has 0 fully saturated rings. The molecule has 7 nitrogen and oxygen atoms in total. The van der Waals surface area contributed by atoms with Gasteiger partial charge in [-0.1, -0.05) is 6.07 Å². The van der Waals surface area contributed by atoms with E-state index < -0.39 is 18.5 Å². The number of carbonyl (C=O) groups excluding carboxylic acids is 3. The maximum Gasteiger partial charge on any atom is 0.355 e. The van der Waals surface area contributed by atoms with Crippen molar-refractivity contribution in [1.29, 1.82) is 0 Å². The quantitative estimate of drug-likeness (QED) is 0.671. The normalized spacial score (nSPS) is 10.3. The van der Waals surface area contributed by atoms with Crippen LogP contribution in [0.15, 0.2) is 41.0 Å². The fourth-order valence-corrected chi connectivity index (χ4v) is 2.66. The monoisotopic (exact) mass is 421 g/mol. The molecule has 2 amide bonds. The lowest BCUT2D eigenvalue weighted by Crippen LogP contribution is -2.30. The Balaban J connectivity index is 1.93. The summed E-state index contributed by atoms with van der Waals surface area (Å²) in [6, 6.07) is 8.21. The molecule has 2 rings (SSSR count). The van der Waals surface area contributed by atoms with Gasteiger partial charge in [0.1, 0.15) is 5.69 Å². The molecule has 1 heterocycles. The molecule has 2 aromatic rings. The van der Waals surface area contributed by atoms with Gasteiger partial charge >= 0.3 is 5.97 Å². The van der Waals surface area contributed by atoms with Gasteiger partial charge in [-0.15, -0.1) is 0 Å². The van der Waals surface area contributed by atoms with Crippen LogP contribution in [0.5, 0.6) is 0 Å². The maximum atomic E-state index is 12.4. The molecule has 0 aliphatic heterocycles. The molecule has 1 aromatic carbocycles. The largest absolute Gasteiger partial charge is 0.451 e. The smallest absolute Gasteiger partial charge is 0.355 e. The van der Waals surface area contributed by atoms with Gasteiger partial charge in [-0.05, 0) is 54.0 Å². The SMILES string of the molecule is CCN(CC)C(=O)c1cccc(NC(=O)COC(=O)c2cc(Br)c[nH]2)c1. The van der Waals surface area contributed by atoms with Gasteiger partial charge in [-0.3, -0.25) is 9.59 Å². The molecular formula is C18H20BrN3O4. The highest BCUT2D eigenvalue weighted by molar-refractivity contribution is 9.10. The number of nitrogens with one attached hydrogen (secondary N) is 2. The summed E-state index contributed by atoms with van der Waals surface area (Å²) in [6.45, 7) is 4.60. The number of nitrogens with zero attached hydrogens (tertiary/aromatic N) is 1. The summed E-state index contributed by atoms with van der Waals surface area (Å²) in [5, 5.41) is 2.62. The molecule has 0 unspecified atom stereocenters. The summed E-state index contributed by atoms with van der Waals surface area (Å²) in [6.07, 6.45) is 1.59. The average Bonchev–Trinajstić information content (AvgIpc) is 3.07. The lowest BCUT2D eigenvalue weighted by Gasteiger charge is -2.19. The molecule has 1 aromatic heterocycles. The Kier molecular flexibility index (Phi) is 6.97. The van der Waals surface area contributed by atoms with Crippen molar-refractivity contribution in [1.82, 2.24) is 9.88 Å². The first kappa shape index (κ1) is 19.7. The lowest BCUT2D eigenvalue weighted by atomic mass is 10.1. The molecule has 138 valence electrons. The molecule has 0 aliphatic rings. The summed E-state index contributed by atoms with van der Waals surface area (Å²) < 4.78 is 5.66. The first-order chi connectivity index (χ1) is 12.4. The van der Waals surface area contributed by atoms with E-state index in [9.17, 15) is 14.4 Å². The zero-order valence-corrected chi connectivity index (χ0v) is 16.1. The van der Waals surface area contributed by atoms with Crippen molar-refractivity contribution in [2.24, 2.45) is 0 Å². The van der Waals surface area contributed by atoms with E-state index in [2.05, 4.69) is 26.2 Å². The van der Waals surface area contributed by atoms with E-state index in [-0.39, 0.29) is 11.6 Å². The predicted molar refractivity (Wildman–Crippen MR) is 101 cm³/mol. The zero-order valence-electron chi connectivity index (χ0n) is 14.5. The third-order valence-corrected chi connectivity index (χ3v) is 4.10. The van der Waals surface area contributed by atoms with Crippen molar-refractivity contribution in [3.63, 3.8) is 0 Å². The number of H-pyrrole nitrogens is 1. The molecule has 0 radical (unpaired) electrons. The van der Waals surface area contributed by atoms with Crippen molar-refractivity contribution < 1.29 is 19.1 Å². The van der Waals surface area contributed by atoms with Gasteiger partial charge < -0.3 is 19.9 Å². The second-order valence-corrected chi connectivity index (χ2v) is 6.33. The maximum absolute atomic E-state index is 12.4. The van der Waals surface area contributed by atoms with E-state index in [1.165, 1.54) is 0 Å². The summed E-state index contributed by atoms with van der Waals surface area (Å²) in [5.74, 6) is -1.22. The van der Waals surface area contributed by atoms with Gasteiger partial charge in [-0.2, -0.15) is 0 Å². The minimum atomic E-state index is -0.628. The number of aromatic amines is 1. The van der Waals surface area contributed by atoms with E-state index >= 15 is 0 Å². The van der Waals surface area contributed by atoms with Crippen LogP contribution in [-0.2, 0) is 9.53 Å². The molecule has 26 heavy (non-hydrogen) atoms. The number of ether oxygens (including phenoxy) is 1. The van der Waals surface area contributed by atoms with Gasteiger partial charge in [0.15, 0.2) is 6.61 Å². The summed E-state index contributed by atoms with van der Waals surface area (Å²) in [5.41, 5.74) is 1.20. The molecular weight excluding hydrogens is 402 g/mol. The van der Waals surface area contributed by atoms with E-state index in [0.29, 0.717) is 28.8 Å². The van der Waals surface area contributed by atoms with Crippen molar-refractivity contribution >= 4 is 39.4 Å². The van der Waals surface area contributed by atoms with Crippen LogP contribution in [0, 0.1) is 0 Å². The number of amides is 2. The number of benzene rings is 1. The Morgan fingerprint density at radius 3 is 2.54 bits per heavy atom. The Hall–Kier alpha value is -2.61. The number of anilines is 1. The van der Waals surface area contributed by atoms with Gasteiger partial charge in [0.2, 0.25) is 0 Å². The second kappa shape index (κ2) is 9.19. The first-order valence-corrected chi connectivity index (χ1v) is 8.94. The van der Waals surface area contributed by atoms with Crippen LogP contribution in [0.2, 0.25) is 0 Å². The van der Waals surface area contributed by atoms with Crippen LogP contribution in [0.4, 0.5) is 5.69 Å². The molecule has 0 saturated heterocycles.